The molecule has 0 saturated carbocycles. The van der Waals surface area contributed by atoms with Gasteiger partial charge in [-0.1, -0.05) is 92.1 Å². The molecule has 11 heteroatoms. The number of primary amides is 1. The second-order valence-electron chi connectivity index (χ2n) is 15.6. The molecule has 4 amide bonds. The van der Waals surface area contributed by atoms with Crippen LogP contribution in [0.3, 0.4) is 0 Å². The summed E-state index contributed by atoms with van der Waals surface area (Å²) in [7, 11) is 6.99. The summed E-state index contributed by atoms with van der Waals surface area (Å²) in [6.07, 6.45) is 3.11. The Bertz CT molecular complexity index is 1250. The molecule has 3 N–H and O–H groups in total. The molecule has 7 unspecified atom stereocenters. The number of nitrogens with zero attached hydrogens (tertiary/aromatic N) is 3. The molecule has 0 spiro atoms. The molecular formula is C40H69N5O5S. The van der Waals surface area contributed by atoms with Gasteiger partial charge in [-0.25, -0.2) is 0 Å². The van der Waals surface area contributed by atoms with Gasteiger partial charge in [0.15, 0.2) is 0 Å². The van der Waals surface area contributed by atoms with Crippen LogP contribution in [0.5, 0.6) is 0 Å². The van der Waals surface area contributed by atoms with Crippen molar-refractivity contribution in [1.82, 2.24) is 20.0 Å². The molecule has 1 aromatic rings. The Morgan fingerprint density at radius 2 is 1.65 bits per heavy atom. The maximum absolute atomic E-state index is 14.7. The van der Waals surface area contributed by atoms with E-state index in [1.165, 1.54) is 5.56 Å². The van der Waals surface area contributed by atoms with Gasteiger partial charge in [0.05, 0.1) is 24.5 Å². The lowest BCUT2D eigenvalue weighted by Crippen LogP contribution is -2.68. The molecule has 0 radical (unpaired) electrons. The fourth-order valence-corrected chi connectivity index (χ4v) is 9.80. The maximum atomic E-state index is 14.7. The molecule has 1 aliphatic rings. The fourth-order valence-electron chi connectivity index (χ4n) is 8.39. The molecule has 1 aliphatic heterocycles. The number of rotatable bonds is 21. The summed E-state index contributed by atoms with van der Waals surface area (Å²) in [4.78, 5) is 60.9. The summed E-state index contributed by atoms with van der Waals surface area (Å²) in [6.45, 7) is 17.4. The molecular weight excluding hydrogens is 663 g/mol. The number of methoxy groups -OCH3 is 1. The minimum Gasteiger partial charge on any atom is -0.379 e. The number of amides is 4. The Morgan fingerprint density at radius 3 is 2.14 bits per heavy atom. The molecule has 1 saturated heterocycles. The third-order valence-electron chi connectivity index (χ3n) is 11.0. The SMILES string of the molecule is CCC(C)C(C(CC(=O)N1CCCC1C(CC(=O)NCCc1ccccc1)SC(C)C)OC)N(C)C(=O)C(C(C)C)C(C(N)=O)(C(C)C)N(C)C. The highest BCUT2D eigenvalue weighted by Gasteiger charge is 2.55. The predicted molar refractivity (Wildman–Crippen MR) is 209 cm³/mol. The monoisotopic (exact) mass is 732 g/mol. The molecule has 2 rings (SSSR count). The van der Waals surface area contributed by atoms with Crippen LogP contribution in [0.25, 0.3) is 0 Å². The smallest absolute Gasteiger partial charge is 0.239 e. The minimum atomic E-state index is -1.21. The number of hydrogen-bond donors (Lipinski definition) is 2. The fraction of sp³-hybridized carbons (Fsp3) is 0.750. The molecule has 0 aliphatic carbocycles. The van der Waals surface area contributed by atoms with Crippen LogP contribution in [0.15, 0.2) is 30.3 Å². The van der Waals surface area contributed by atoms with E-state index >= 15 is 0 Å². The molecule has 1 fully saturated rings. The van der Waals surface area contributed by atoms with Gasteiger partial charge < -0.3 is 25.6 Å². The predicted octanol–water partition coefficient (Wildman–Crippen LogP) is 5.23. The Hall–Kier alpha value is -2.63. The minimum absolute atomic E-state index is 0.000912. The van der Waals surface area contributed by atoms with E-state index in [0.29, 0.717) is 24.8 Å². The van der Waals surface area contributed by atoms with Gasteiger partial charge >= 0.3 is 0 Å². The summed E-state index contributed by atoms with van der Waals surface area (Å²) in [6, 6.07) is 9.62. The number of likely N-dealkylation sites (N-methyl/N-ethyl adjacent to an activating group) is 2. The van der Waals surface area contributed by atoms with E-state index < -0.39 is 29.5 Å². The van der Waals surface area contributed by atoms with Crippen LogP contribution in [0, 0.1) is 23.7 Å². The second-order valence-corrected chi connectivity index (χ2v) is 17.4. The van der Waals surface area contributed by atoms with Crippen molar-refractivity contribution in [1.29, 1.82) is 0 Å². The van der Waals surface area contributed by atoms with Gasteiger partial charge in [-0.15, -0.1) is 0 Å². The van der Waals surface area contributed by atoms with Crippen molar-refractivity contribution in [2.45, 2.75) is 128 Å². The Balaban J connectivity index is 2.33. The first-order chi connectivity index (χ1) is 23.9. The largest absolute Gasteiger partial charge is 0.379 e. The molecule has 0 aromatic heterocycles. The second kappa shape index (κ2) is 20.6. The van der Waals surface area contributed by atoms with Gasteiger partial charge in [-0.05, 0) is 61.9 Å². The Labute approximate surface area is 313 Å². The van der Waals surface area contributed by atoms with Crippen molar-refractivity contribution in [3.63, 3.8) is 0 Å². The van der Waals surface area contributed by atoms with E-state index in [1.54, 1.807) is 35.7 Å². The molecule has 0 bridgehead atoms. The van der Waals surface area contributed by atoms with E-state index in [4.69, 9.17) is 10.5 Å². The summed E-state index contributed by atoms with van der Waals surface area (Å²) < 4.78 is 6.10. The third-order valence-corrected chi connectivity index (χ3v) is 12.3. The maximum Gasteiger partial charge on any atom is 0.239 e. The number of likely N-dealkylation sites (tertiary alicyclic amines) is 1. The van der Waals surface area contributed by atoms with Gasteiger partial charge in [-0.2, -0.15) is 11.8 Å². The third kappa shape index (κ3) is 11.2. The van der Waals surface area contributed by atoms with Gasteiger partial charge in [-0.3, -0.25) is 24.1 Å². The molecule has 290 valence electrons. The van der Waals surface area contributed by atoms with Crippen molar-refractivity contribution in [3.05, 3.63) is 35.9 Å². The van der Waals surface area contributed by atoms with Gasteiger partial charge in [0.25, 0.3) is 0 Å². The number of thioether (sulfide) groups is 1. The first-order valence-corrected chi connectivity index (χ1v) is 19.9. The summed E-state index contributed by atoms with van der Waals surface area (Å²) >= 11 is 1.76. The van der Waals surface area contributed by atoms with E-state index in [-0.39, 0.29) is 53.2 Å². The molecule has 1 aromatic carbocycles. The summed E-state index contributed by atoms with van der Waals surface area (Å²) in [5, 5.41) is 3.35. The Kier molecular flexibility index (Phi) is 18.0. The Morgan fingerprint density at radius 1 is 1.02 bits per heavy atom. The molecule has 7 atom stereocenters. The van der Waals surface area contributed by atoms with E-state index in [2.05, 4.69) is 45.1 Å². The topological polar surface area (TPSA) is 125 Å². The van der Waals surface area contributed by atoms with Crippen LogP contribution in [0.1, 0.15) is 93.1 Å². The van der Waals surface area contributed by atoms with Crippen molar-refractivity contribution in [2.24, 2.45) is 29.4 Å². The quantitative estimate of drug-likeness (QED) is 0.178. The van der Waals surface area contributed by atoms with Crippen LogP contribution in [0.2, 0.25) is 0 Å². The average molecular weight is 732 g/mol. The van der Waals surface area contributed by atoms with Crippen LogP contribution in [-0.2, 0) is 30.3 Å². The number of hydrogen-bond acceptors (Lipinski definition) is 7. The highest BCUT2D eigenvalue weighted by molar-refractivity contribution is 8.00. The average Bonchev–Trinajstić information content (AvgIpc) is 3.56. The standard InChI is InChI=1S/C40H69N5O5S/c1-13-29(8)37(44(11)38(48)36(26(2)3)40(27(4)5,39(41)49)43(9)10)32(50-12)24-35(47)45-23-17-20-31(45)33(51-28(6)7)25-34(46)42-22-21-30-18-15-14-16-19-30/h14-16,18-19,26-29,31-33,36-37H,13,17,20-25H2,1-12H3,(H2,41,49)(H,42,46). The summed E-state index contributed by atoms with van der Waals surface area (Å²) in [5.74, 6) is -1.87. The summed E-state index contributed by atoms with van der Waals surface area (Å²) in [5.41, 5.74) is 6.10. The number of carbonyl (C=O) groups excluding carboxylic acids is 4. The zero-order valence-corrected chi connectivity index (χ0v) is 34.4. The number of benzene rings is 1. The lowest BCUT2D eigenvalue weighted by atomic mass is 9.68. The van der Waals surface area contributed by atoms with Crippen molar-refractivity contribution in [2.75, 3.05) is 41.3 Å². The zero-order valence-electron chi connectivity index (χ0n) is 33.6. The van der Waals surface area contributed by atoms with Gasteiger partial charge in [0.1, 0.15) is 5.54 Å². The zero-order chi connectivity index (χ0) is 38.6. The van der Waals surface area contributed by atoms with Crippen LogP contribution in [0.4, 0.5) is 0 Å². The van der Waals surface area contributed by atoms with Gasteiger partial charge in [0.2, 0.25) is 23.6 Å². The molecule has 51 heavy (non-hydrogen) atoms. The number of carbonyl (C=O) groups is 4. The molecule has 1 heterocycles. The highest BCUT2D eigenvalue weighted by Crippen LogP contribution is 2.39. The normalized spacial score (nSPS) is 19.1. The van der Waals surface area contributed by atoms with Crippen molar-refractivity contribution >= 4 is 35.4 Å². The van der Waals surface area contributed by atoms with Crippen molar-refractivity contribution < 1.29 is 23.9 Å². The van der Waals surface area contributed by atoms with E-state index in [0.717, 1.165) is 25.7 Å². The van der Waals surface area contributed by atoms with Crippen LogP contribution in [-0.4, -0.2) is 114 Å². The lowest BCUT2D eigenvalue weighted by molar-refractivity contribution is -0.159. The first kappa shape index (κ1) is 44.5. The van der Waals surface area contributed by atoms with Crippen LogP contribution >= 0.6 is 11.8 Å². The number of nitrogens with one attached hydrogen (secondary N) is 1. The highest BCUT2D eigenvalue weighted by atomic mass is 32.2. The van der Waals surface area contributed by atoms with Gasteiger partial charge in [0, 0.05) is 45.0 Å². The van der Waals surface area contributed by atoms with Crippen LogP contribution < -0.4 is 11.1 Å². The first-order valence-electron chi connectivity index (χ1n) is 19.0. The number of nitrogens with two attached hydrogens (primary N) is 1. The van der Waals surface area contributed by atoms with E-state index in [1.807, 2.05) is 64.9 Å². The number of ether oxygens (including phenoxy) is 1. The van der Waals surface area contributed by atoms with E-state index in [9.17, 15) is 19.2 Å². The van der Waals surface area contributed by atoms with Crippen molar-refractivity contribution in [3.8, 4) is 0 Å². The lowest BCUT2D eigenvalue weighted by Gasteiger charge is -2.49. The molecule has 10 nitrogen and oxygen atoms in total.